The predicted octanol–water partition coefficient (Wildman–Crippen LogP) is 5.96. The van der Waals surface area contributed by atoms with Gasteiger partial charge < -0.3 is 4.74 Å². The first kappa shape index (κ1) is 25.5. The number of carbonyl (C=O) groups is 1. The summed E-state index contributed by atoms with van der Waals surface area (Å²) in [5, 5.41) is 13.6. The van der Waals surface area contributed by atoms with Crippen LogP contribution in [0.4, 0.5) is 18.9 Å². The van der Waals surface area contributed by atoms with E-state index in [-0.39, 0.29) is 17.4 Å². The van der Waals surface area contributed by atoms with Crippen molar-refractivity contribution in [1.82, 2.24) is 14.8 Å². The maximum atomic E-state index is 12.4. The van der Waals surface area contributed by atoms with E-state index in [1.807, 2.05) is 12.1 Å². The molecule has 5 rings (SSSR count). The maximum absolute atomic E-state index is 12.4. The lowest BCUT2D eigenvalue weighted by Crippen LogP contribution is -2.29. The molecule has 1 aromatic heterocycles. The van der Waals surface area contributed by atoms with Gasteiger partial charge in [-0.2, -0.15) is 5.10 Å². The zero-order valence-electron chi connectivity index (χ0n) is 19.2. The van der Waals surface area contributed by atoms with Crippen LogP contribution in [0.1, 0.15) is 5.56 Å². The lowest BCUT2D eigenvalue weighted by Gasteiger charge is -2.16. The number of para-hydroxylation sites is 1. The largest absolute Gasteiger partial charge is 0.573 e. The number of ether oxygens (including phenoxy) is 1. The summed E-state index contributed by atoms with van der Waals surface area (Å²) in [4.78, 5) is 18.1. The number of hydrogen-bond acceptors (Lipinski definition) is 7. The Morgan fingerprint density at radius 2 is 1.76 bits per heavy atom. The van der Waals surface area contributed by atoms with Gasteiger partial charge in [0.05, 0.1) is 28.4 Å². The molecule has 0 aliphatic carbocycles. The minimum absolute atomic E-state index is 0.126. The Bertz CT molecular complexity index is 1520. The Hall–Kier alpha value is -4.16. The van der Waals surface area contributed by atoms with Gasteiger partial charge in [-0.05, 0) is 42.0 Å². The van der Waals surface area contributed by atoms with Gasteiger partial charge in [0.25, 0.3) is 0 Å². The Morgan fingerprint density at radius 1 is 1.03 bits per heavy atom. The summed E-state index contributed by atoms with van der Waals surface area (Å²) in [6.45, 7) is 0. The highest BCUT2D eigenvalue weighted by atomic mass is 35.5. The lowest BCUT2D eigenvalue weighted by atomic mass is 10.1. The van der Waals surface area contributed by atoms with Gasteiger partial charge in [0.15, 0.2) is 11.0 Å². The predicted molar refractivity (Wildman–Crippen MR) is 140 cm³/mol. The van der Waals surface area contributed by atoms with E-state index in [9.17, 15) is 18.0 Å². The van der Waals surface area contributed by atoms with Crippen molar-refractivity contribution in [2.75, 3.05) is 10.7 Å². The number of nitrogens with zero attached hydrogens (tertiary/aromatic N) is 6. The van der Waals surface area contributed by atoms with Crippen LogP contribution in [0.5, 0.6) is 5.75 Å². The third-order valence-electron chi connectivity index (χ3n) is 5.20. The standard InChI is InChI=1S/C25H16ClF3N6O2S/c26-20-3-1-2-4-21(20)35-22(36)14-38-24(35)32-31-13-16-5-7-17(8-6-16)23-30-15-34(33-23)18-9-11-19(12-10-18)37-25(27,28)29/h1-13,15H,14H2/b31-13+,32-24-. The number of amidine groups is 1. The van der Waals surface area contributed by atoms with Gasteiger partial charge in [-0.1, -0.05) is 59.8 Å². The molecule has 0 radical (unpaired) electrons. The molecule has 0 N–H and O–H groups in total. The number of benzene rings is 3. The van der Waals surface area contributed by atoms with E-state index >= 15 is 0 Å². The van der Waals surface area contributed by atoms with Crippen LogP contribution in [0.3, 0.4) is 0 Å². The summed E-state index contributed by atoms with van der Waals surface area (Å²) in [5.74, 6) is 0.234. The molecule has 1 aliphatic rings. The van der Waals surface area contributed by atoms with E-state index in [0.29, 0.717) is 27.4 Å². The molecule has 3 aromatic carbocycles. The van der Waals surface area contributed by atoms with E-state index in [1.54, 1.807) is 42.6 Å². The van der Waals surface area contributed by atoms with Gasteiger partial charge in [-0.3, -0.25) is 9.69 Å². The van der Waals surface area contributed by atoms with Crippen LogP contribution in [0, 0.1) is 0 Å². The highest BCUT2D eigenvalue weighted by Crippen LogP contribution is 2.32. The second-order valence-corrected chi connectivity index (χ2v) is 9.12. The molecule has 0 saturated carbocycles. The van der Waals surface area contributed by atoms with Gasteiger partial charge in [-0.15, -0.1) is 23.4 Å². The third kappa shape index (κ3) is 5.87. The van der Waals surface area contributed by atoms with E-state index < -0.39 is 6.36 Å². The number of anilines is 1. The first-order chi connectivity index (χ1) is 18.3. The van der Waals surface area contributed by atoms with Crippen LogP contribution in [0.2, 0.25) is 5.02 Å². The Morgan fingerprint density at radius 3 is 2.47 bits per heavy atom. The molecule has 13 heteroatoms. The molecule has 1 aliphatic heterocycles. The summed E-state index contributed by atoms with van der Waals surface area (Å²) in [6, 6.07) is 19.6. The number of rotatable bonds is 6. The molecular weight excluding hydrogens is 541 g/mol. The van der Waals surface area contributed by atoms with Gasteiger partial charge in [0, 0.05) is 5.56 Å². The quantitative estimate of drug-likeness (QED) is 0.216. The fourth-order valence-electron chi connectivity index (χ4n) is 3.49. The molecule has 192 valence electrons. The Labute approximate surface area is 223 Å². The molecule has 0 unspecified atom stereocenters. The van der Waals surface area contributed by atoms with Gasteiger partial charge in [0.2, 0.25) is 5.91 Å². The van der Waals surface area contributed by atoms with E-state index in [0.717, 1.165) is 11.1 Å². The molecule has 0 bridgehead atoms. The fraction of sp³-hybridized carbons (Fsp3) is 0.0800. The van der Waals surface area contributed by atoms with E-state index in [1.165, 1.54) is 51.9 Å². The zero-order valence-corrected chi connectivity index (χ0v) is 20.8. The molecule has 4 aromatic rings. The molecule has 8 nitrogen and oxygen atoms in total. The summed E-state index contributed by atoms with van der Waals surface area (Å²) in [6.07, 6.45) is -1.73. The van der Waals surface area contributed by atoms with Crippen molar-refractivity contribution in [3.05, 3.63) is 89.7 Å². The molecular formula is C25H16ClF3N6O2S. The van der Waals surface area contributed by atoms with Crippen LogP contribution in [-0.4, -0.2) is 44.2 Å². The van der Waals surface area contributed by atoms with Gasteiger partial charge in [-0.25, -0.2) is 9.67 Å². The third-order valence-corrected chi connectivity index (χ3v) is 6.44. The van der Waals surface area contributed by atoms with Crippen molar-refractivity contribution in [3.8, 4) is 22.8 Å². The first-order valence-electron chi connectivity index (χ1n) is 11.0. The lowest BCUT2D eigenvalue weighted by molar-refractivity contribution is -0.274. The number of carbonyl (C=O) groups excluding carboxylic acids is 1. The highest BCUT2D eigenvalue weighted by Gasteiger charge is 2.31. The topological polar surface area (TPSA) is 85.0 Å². The van der Waals surface area contributed by atoms with Crippen LogP contribution in [-0.2, 0) is 4.79 Å². The SMILES string of the molecule is O=C1CS/C(=N\N=C\c2ccc(-c3ncn(-c4ccc(OC(F)(F)F)cc4)n3)cc2)N1c1ccccc1Cl. The van der Waals surface area contributed by atoms with Gasteiger partial charge in [0.1, 0.15) is 12.1 Å². The average molecular weight is 557 g/mol. The Balaban J connectivity index is 1.26. The van der Waals surface area contributed by atoms with Crippen molar-refractivity contribution in [2.45, 2.75) is 6.36 Å². The molecule has 0 atom stereocenters. The van der Waals surface area contributed by atoms with Crippen molar-refractivity contribution >= 4 is 46.3 Å². The number of hydrogen-bond donors (Lipinski definition) is 0. The number of halogens is 4. The molecule has 2 heterocycles. The van der Waals surface area contributed by atoms with Crippen LogP contribution in [0.25, 0.3) is 17.1 Å². The highest BCUT2D eigenvalue weighted by molar-refractivity contribution is 8.15. The number of aromatic nitrogens is 3. The van der Waals surface area contributed by atoms with Crippen LogP contribution >= 0.6 is 23.4 Å². The monoisotopic (exact) mass is 556 g/mol. The first-order valence-corrected chi connectivity index (χ1v) is 12.3. The van der Waals surface area contributed by atoms with Crippen molar-refractivity contribution in [1.29, 1.82) is 0 Å². The maximum Gasteiger partial charge on any atom is 0.573 e. The van der Waals surface area contributed by atoms with E-state index in [2.05, 4.69) is 25.0 Å². The van der Waals surface area contributed by atoms with Crippen molar-refractivity contribution in [2.24, 2.45) is 10.2 Å². The summed E-state index contributed by atoms with van der Waals surface area (Å²) >= 11 is 7.52. The molecule has 1 amide bonds. The summed E-state index contributed by atoms with van der Waals surface area (Å²) in [7, 11) is 0. The summed E-state index contributed by atoms with van der Waals surface area (Å²) in [5.41, 5.74) is 2.57. The van der Waals surface area contributed by atoms with Crippen molar-refractivity contribution < 1.29 is 22.7 Å². The second-order valence-electron chi connectivity index (χ2n) is 7.77. The number of amides is 1. The average Bonchev–Trinajstić information content (AvgIpc) is 3.52. The number of alkyl halides is 3. The minimum Gasteiger partial charge on any atom is -0.406 e. The van der Waals surface area contributed by atoms with Crippen LogP contribution in [0.15, 0.2) is 89.3 Å². The summed E-state index contributed by atoms with van der Waals surface area (Å²) < 4.78 is 42.4. The molecule has 38 heavy (non-hydrogen) atoms. The molecule has 1 saturated heterocycles. The number of thioether (sulfide) groups is 1. The second kappa shape index (κ2) is 10.7. The fourth-order valence-corrected chi connectivity index (χ4v) is 4.53. The minimum atomic E-state index is -4.75. The van der Waals surface area contributed by atoms with Gasteiger partial charge >= 0.3 is 6.36 Å². The smallest absolute Gasteiger partial charge is 0.406 e. The van der Waals surface area contributed by atoms with E-state index in [4.69, 9.17) is 11.6 Å². The molecule has 0 spiro atoms. The molecule has 1 fully saturated rings. The normalized spacial score (nSPS) is 15.1. The zero-order chi connectivity index (χ0) is 26.7. The van der Waals surface area contributed by atoms with Crippen molar-refractivity contribution in [3.63, 3.8) is 0 Å². The van der Waals surface area contributed by atoms with Crippen LogP contribution < -0.4 is 9.64 Å². The Kier molecular flexibility index (Phi) is 7.16.